The summed E-state index contributed by atoms with van der Waals surface area (Å²) in [5, 5.41) is 5.67. The zero-order chi connectivity index (χ0) is 17.8. The summed E-state index contributed by atoms with van der Waals surface area (Å²) in [6.07, 6.45) is 0. The molecule has 3 rings (SSSR count). The molecule has 1 aromatic heterocycles. The topological polar surface area (TPSA) is 42.0 Å². The average Bonchev–Trinajstić information content (AvgIpc) is 3.07. The molecule has 0 saturated carbocycles. The van der Waals surface area contributed by atoms with Crippen molar-refractivity contribution in [3.63, 3.8) is 0 Å². The maximum Gasteiger partial charge on any atom is 0.234 e. The van der Waals surface area contributed by atoms with Crippen LogP contribution in [0, 0.1) is 13.8 Å². The van der Waals surface area contributed by atoms with Crippen LogP contribution in [0.25, 0.3) is 11.3 Å². The molecule has 0 fully saturated rings. The third kappa shape index (κ3) is 4.63. The van der Waals surface area contributed by atoms with Crippen LogP contribution in [-0.2, 0) is 4.79 Å². The van der Waals surface area contributed by atoms with Gasteiger partial charge in [-0.15, -0.1) is 11.3 Å². The minimum absolute atomic E-state index is 0.0260. The Labute approximate surface area is 160 Å². The molecule has 0 aliphatic rings. The van der Waals surface area contributed by atoms with Crippen molar-refractivity contribution in [1.82, 2.24) is 4.98 Å². The van der Waals surface area contributed by atoms with E-state index in [-0.39, 0.29) is 5.91 Å². The van der Waals surface area contributed by atoms with E-state index in [4.69, 9.17) is 11.6 Å². The number of aryl methyl sites for hydroxylation is 1. The lowest BCUT2D eigenvalue weighted by molar-refractivity contribution is -0.113. The molecule has 3 aromatic rings. The third-order valence-corrected chi connectivity index (χ3v) is 6.10. The molecule has 0 atom stereocenters. The van der Waals surface area contributed by atoms with Crippen LogP contribution in [0.5, 0.6) is 0 Å². The van der Waals surface area contributed by atoms with Gasteiger partial charge >= 0.3 is 0 Å². The first-order chi connectivity index (χ1) is 12.0. The van der Waals surface area contributed by atoms with Gasteiger partial charge in [-0.05, 0) is 43.2 Å². The van der Waals surface area contributed by atoms with Crippen molar-refractivity contribution in [2.75, 3.05) is 11.1 Å². The molecule has 1 amide bonds. The highest BCUT2D eigenvalue weighted by Crippen LogP contribution is 2.29. The summed E-state index contributed by atoms with van der Waals surface area (Å²) >= 11 is 8.90. The molecule has 25 heavy (non-hydrogen) atoms. The number of rotatable bonds is 5. The van der Waals surface area contributed by atoms with Gasteiger partial charge in [0.2, 0.25) is 5.91 Å². The molecular weight excluding hydrogens is 372 g/mol. The van der Waals surface area contributed by atoms with Crippen LogP contribution in [0.15, 0.2) is 52.2 Å². The number of nitrogens with zero attached hydrogens (tertiary/aromatic N) is 1. The number of aromatic nitrogens is 1. The van der Waals surface area contributed by atoms with Gasteiger partial charge in [0.05, 0.1) is 11.4 Å². The van der Waals surface area contributed by atoms with Crippen molar-refractivity contribution >= 4 is 46.3 Å². The Kier molecular flexibility index (Phi) is 5.78. The molecule has 0 aliphatic heterocycles. The Bertz CT molecular complexity index is 891. The predicted molar refractivity (Wildman–Crippen MR) is 108 cm³/mol. The molecule has 1 N–H and O–H groups in total. The normalized spacial score (nSPS) is 10.7. The van der Waals surface area contributed by atoms with Crippen LogP contribution in [0.4, 0.5) is 5.69 Å². The van der Waals surface area contributed by atoms with E-state index in [1.807, 2.05) is 61.7 Å². The van der Waals surface area contributed by atoms with E-state index in [0.717, 1.165) is 32.4 Å². The quantitative estimate of drug-likeness (QED) is 0.560. The number of nitrogens with one attached hydrogen (secondary N) is 1. The number of amides is 1. The van der Waals surface area contributed by atoms with Crippen LogP contribution in [0.2, 0.25) is 5.02 Å². The smallest absolute Gasteiger partial charge is 0.234 e. The maximum atomic E-state index is 12.2. The number of hydrogen-bond acceptors (Lipinski definition) is 4. The number of hydrogen-bond donors (Lipinski definition) is 1. The van der Waals surface area contributed by atoms with Crippen molar-refractivity contribution in [2.45, 2.75) is 18.2 Å². The summed E-state index contributed by atoms with van der Waals surface area (Å²) in [7, 11) is 0. The summed E-state index contributed by atoms with van der Waals surface area (Å²) in [5.74, 6) is 0.308. The largest absolute Gasteiger partial charge is 0.325 e. The van der Waals surface area contributed by atoms with E-state index in [9.17, 15) is 4.79 Å². The molecule has 6 heteroatoms. The second kappa shape index (κ2) is 8.04. The summed E-state index contributed by atoms with van der Waals surface area (Å²) in [6.45, 7) is 4.05. The standard InChI is InChI=1S/C19H17ClN2OS2/c1-12-4-3-5-16(13(12)2)21-18(23)11-25-19-22-17(10-24-19)14-6-8-15(20)9-7-14/h3-10H,11H2,1-2H3,(H,21,23). The van der Waals surface area contributed by atoms with E-state index in [0.29, 0.717) is 10.8 Å². The van der Waals surface area contributed by atoms with Crippen LogP contribution in [-0.4, -0.2) is 16.6 Å². The molecule has 3 nitrogen and oxygen atoms in total. The first-order valence-electron chi connectivity index (χ1n) is 7.73. The zero-order valence-electron chi connectivity index (χ0n) is 13.9. The van der Waals surface area contributed by atoms with Gasteiger partial charge < -0.3 is 5.32 Å². The molecule has 2 aromatic carbocycles. The van der Waals surface area contributed by atoms with Gasteiger partial charge in [0.15, 0.2) is 4.34 Å². The number of benzene rings is 2. The summed E-state index contributed by atoms with van der Waals surface area (Å²) in [4.78, 5) is 16.8. The van der Waals surface area contributed by atoms with Crippen LogP contribution in [0.3, 0.4) is 0 Å². The molecule has 128 valence electrons. The fourth-order valence-electron chi connectivity index (χ4n) is 2.28. The molecule has 1 heterocycles. The zero-order valence-corrected chi connectivity index (χ0v) is 16.3. The first kappa shape index (κ1) is 18.0. The van der Waals surface area contributed by atoms with Gasteiger partial charge in [-0.2, -0.15) is 0 Å². The van der Waals surface area contributed by atoms with Gasteiger partial charge in [0.25, 0.3) is 0 Å². The fraction of sp³-hybridized carbons (Fsp3) is 0.158. The molecule has 0 aliphatic carbocycles. The highest BCUT2D eigenvalue weighted by molar-refractivity contribution is 8.01. The minimum atomic E-state index is -0.0260. The molecule has 0 unspecified atom stereocenters. The Morgan fingerprint density at radius 2 is 1.96 bits per heavy atom. The van der Waals surface area contributed by atoms with Crippen molar-refractivity contribution in [1.29, 1.82) is 0 Å². The number of carbonyl (C=O) groups excluding carboxylic acids is 1. The number of anilines is 1. The van der Waals surface area contributed by atoms with Crippen molar-refractivity contribution < 1.29 is 4.79 Å². The van der Waals surface area contributed by atoms with Crippen molar-refractivity contribution in [3.05, 3.63) is 64.0 Å². The molecule has 0 bridgehead atoms. The van der Waals surface area contributed by atoms with Crippen molar-refractivity contribution in [2.24, 2.45) is 0 Å². The van der Waals surface area contributed by atoms with E-state index in [1.54, 1.807) is 11.3 Å². The fourth-order valence-corrected chi connectivity index (χ4v) is 4.04. The van der Waals surface area contributed by atoms with Crippen molar-refractivity contribution in [3.8, 4) is 11.3 Å². The van der Waals surface area contributed by atoms with Gasteiger partial charge in [-0.3, -0.25) is 4.79 Å². The maximum absolute atomic E-state index is 12.2. The molecule has 0 radical (unpaired) electrons. The van der Waals surface area contributed by atoms with Crippen LogP contribution >= 0.6 is 34.7 Å². The number of thiazole rings is 1. The van der Waals surface area contributed by atoms with Gasteiger partial charge in [0, 0.05) is 21.7 Å². The first-order valence-corrected chi connectivity index (χ1v) is 9.97. The second-order valence-corrected chi connectivity index (χ2v) is 8.11. The highest BCUT2D eigenvalue weighted by Gasteiger charge is 2.10. The number of halogens is 1. The van der Waals surface area contributed by atoms with Gasteiger partial charge in [-0.25, -0.2) is 4.98 Å². The Hall–Kier alpha value is -1.82. The third-order valence-electron chi connectivity index (χ3n) is 3.83. The Morgan fingerprint density at radius 3 is 2.72 bits per heavy atom. The van der Waals surface area contributed by atoms with E-state index in [2.05, 4.69) is 10.3 Å². The highest BCUT2D eigenvalue weighted by atomic mass is 35.5. The minimum Gasteiger partial charge on any atom is -0.325 e. The molecular formula is C19H17ClN2OS2. The van der Waals surface area contributed by atoms with E-state index >= 15 is 0 Å². The lowest BCUT2D eigenvalue weighted by Crippen LogP contribution is -2.15. The van der Waals surface area contributed by atoms with Gasteiger partial charge in [0.1, 0.15) is 0 Å². The Balaban J connectivity index is 1.59. The summed E-state index contributed by atoms with van der Waals surface area (Å²) < 4.78 is 0.876. The monoisotopic (exact) mass is 388 g/mol. The second-order valence-electron chi connectivity index (χ2n) is 5.59. The molecule has 0 spiro atoms. The van der Waals surface area contributed by atoms with Crippen LogP contribution in [0.1, 0.15) is 11.1 Å². The Morgan fingerprint density at radius 1 is 1.20 bits per heavy atom. The lowest BCUT2D eigenvalue weighted by atomic mass is 10.1. The average molecular weight is 389 g/mol. The number of thioether (sulfide) groups is 1. The predicted octanol–water partition coefficient (Wildman–Crippen LogP) is 5.81. The summed E-state index contributed by atoms with van der Waals surface area (Å²) in [6, 6.07) is 13.5. The molecule has 0 saturated heterocycles. The number of carbonyl (C=O) groups is 1. The van der Waals surface area contributed by atoms with E-state index in [1.165, 1.54) is 11.8 Å². The summed E-state index contributed by atoms with van der Waals surface area (Å²) in [5.41, 5.74) is 5.05. The van der Waals surface area contributed by atoms with Crippen LogP contribution < -0.4 is 5.32 Å². The van der Waals surface area contributed by atoms with E-state index < -0.39 is 0 Å². The SMILES string of the molecule is Cc1cccc(NC(=O)CSc2nc(-c3ccc(Cl)cc3)cs2)c1C. The lowest BCUT2D eigenvalue weighted by Gasteiger charge is -2.09. The van der Waals surface area contributed by atoms with Gasteiger partial charge in [-0.1, -0.05) is 47.6 Å².